The van der Waals surface area contributed by atoms with Gasteiger partial charge >= 0.3 is 0 Å². The summed E-state index contributed by atoms with van der Waals surface area (Å²) >= 11 is 0. The standard InChI is InChI=1S/C23H29N3O2/c1-25-12-4-8-20(25)16-24-23(28)21-9-5-13-26(21)22(27)15-17-10-11-18-6-2-3-7-19(18)14-17/h2-3,6-7,10-11,14,20-21H,4-5,8-9,12-13,15-16H2,1H3,(H,24,28)/t20-,21?/m0/s1. The van der Waals surface area contributed by atoms with E-state index >= 15 is 0 Å². The third-order valence-corrected chi connectivity index (χ3v) is 6.23. The summed E-state index contributed by atoms with van der Waals surface area (Å²) in [5.41, 5.74) is 1.00. The van der Waals surface area contributed by atoms with Crippen LogP contribution in [-0.2, 0) is 16.0 Å². The van der Waals surface area contributed by atoms with Crippen LogP contribution in [0.1, 0.15) is 31.2 Å². The number of nitrogens with one attached hydrogen (secondary N) is 1. The first-order chi connectivity index (χ1) is 13.6. The summed E-state index contributed by atoms with van der Waals surface area (Å²) in [7, 11) is 2.11. The molecule has 4 rings (SSSR count). The van der Waals surface area contributed by atoms with Gasteiger partial charge in [0.2, 0.25) is 11.8 Å². The molecule has 2 fully saturated rings. The van der Waals surface area contributed by atoms with Crippen molar-refractivity contribution in [3.63, 3.8) is 0 Å². The quantitative estimate of drug-likeness (QED) is 0.869. The van der Waals surface area contributed by atoms with Gasteiger partial charge in [0, 0.05) is 19.1 Å². The Bertz CT molecular complexity index is 866. The van der Waals surface area contributed by atoms with E-state index < -0.39 is 0 Å². The van der Waals surface area contributed by atoms with Gasteiger partial charge in [-0.2, -0.15) is 0 Å². The van der Waals surface area contributed by atoms with Crippen LogP contribution >= 0.6 is 0 Å². The van der Waals surface area contributed by atoms with E-state index in [2.05, 4.69) is 41.5 Å². The minimum absolute atomic E-state index is 0.00432. The molecule has 0 saturated carbocycles. The Balaban J connectivity index is 1.37. The maximum absolute atomic E-state index is 12.9. The number of nitrogens with zero attached hydrogens (tertiary/aromatic N) is 2. The zero-order chi connectivity index (χ0) is 19.5. The average molecular weight is 380 g/mol. The average Bonchev–Trinajstić information content (AvgIpc) is 3.35. The number of fused-ring (bicyclic) bond motifs is 1. The Kier molecular flexibility index (Phi) is 5.62. The summed E-state index contributed by atoms with van der Waals surface area (Å²) in [5.74, 6) is 0.0515. The van der Waals surface area contributed by atoms with Crippen LogP contribution in [0.3, 0.4) is 0 Å². The molecule has 1 N–H and O–H groups in total. The largest absolute Gasteiger partial charge is 0.353 e. The van der Waals surface area contributed by atoms with Gasteiger partial charge in [0.15, 0.2) is 0 Å². The fourth-order valence-electron chi connectivity index (χ4n) is 4.54. The fourth-order valence-corrected chi connectivity index (χ4v) is 4.54. The molecular formula is C23H29N3O2. The highest BCUT2D eigenvalue weighted by Gasteiger charge is 2.34. The van der Waals surface area contributed by atoms with Crippen molar-refractivity contribution >= 4 is 22.6 Å². The van der Waals surface area contributed by atoms with Crippen molar-refractivity contribution in [2.75, 3.05) is 26.7 Å². The van der Waals surface area contributed by atoms with Gasteiger partial charge in [-0.1, -0.05) is 42.5 Å². The molecule has 0 aromatic heterocycles. The summed E-state index contributed by atoms with van der Waals surface area (Å²) in [6.45, 7) is 2.45. The first-order valence-corrected chi connectivity index (χ1v) is 10.4. The zero-order valence-electron chi connectivity index (χ0n) is 16.6. The number of carbonyl (C=O) groups is 2. The molecule has 5 heteroatoms. The monoisotopic (exact) mass is 379 g/mol. The van der Waals surface area contributed by atoms with Gasteiger partial charge in [0.25, 0.3) is 0 Å². The van der Waals surface area contributed by atoms with Crippen molar-refractivity contribution < 1.29 is 9.59 Å². The van der Waals surface area contributed by atoms with Gasteiger partial charge in [-0.15, -0.1) is 0 Å². The van der Waals surface area contributed by atoms with E-state index in [4.69, 9.17) is 0 Å². The van der Waals surface area contributed by atoms with E-state index in [-0.39, 0.29) is 17.9 Å². The molecule has 2 aromatic rings. The summed E-state index contributed by atoms with van der Waals surface area (Å²) < 4.78 is 0. The SMILES string of the molecule is CN1CCC[C@H]1CNC(=O)C1CCCN1C(=O)Cc1ccc2ccccc2c1. The number of likely N-dealkylation sites (N-methyl/N-ethyl adjacent to an activating group) is 1. The van der Waals surface area contributed by atoms with Gasteiger partial charge in [-0.3, -0.25) is 9.59 Å². The van der Waals surface area contributed by atoms with Crippen LogP contribution in [0.5, 0.6) is 0 Å². The minimum atomic E-state index is -0.320. The lowest BCUT2D eigenvalue weighted by Gasteiger charge is -2.26. The van der Waals surface area contributed by atoms with Crippen LogP contribution in [0.4, 0.5) is 0 Å². The first kappa shape index (κ1) is 18.9. The second kappa shape index (κ2) is 8.31. The molecule has 2 aliphatic rings. The van der Waals surface area contributed by atoms with E-state index in [0.29, 0.717) is 25.6 Å². The van der Waals surface area contributed by atoms with Crippen molar-refractivity contribution in [1.29, 1.82) is 0 Å². The normalized spacial score (nSPS) is 22.7. The Morgan fingerprint density at radius 3 is 2.61 bits per heavy atom. The van der Waals surface area contributed by atoms with E-state index in [1.807, 2.05) is 18.2 Å². The Morgan fingerprint density at radius 1 is 1.04 bits per heavy atom. The van der Waals surface area contributed by atoms with E-state index in [9.17, 15) is 9.59 Å². The number of likely N-dealkylation sites (tertiary alicyclic amines) is 2. The Hall–Kier alpha value is -2.40. The third-order valence-electron chi connectivity index (χ3n) is 6.23. The third kappa shape index (κ3) is 4.04. The van der Waals surface area contributed by atoms with Crippen molar-refractivity contribution in [2.45, 2.75) is 44.2 Å². The second-order valence-electron chi connectivity index (χ2n) is 8.13. The van der Waals surface area contributed by atoms with E-state index in [1.165, 1.54) is 11.8 Å². The van der Waals surface area contributed by atoms with Gasteiger partial charge in [-0.05, 0) is 55.6 Å². The first-order valence-electron chi connectivity index (χ1n) is 10.4. The predicted molar refractivity (Wildman–Crippen MR) is 111 cm³/mol. The lowest BCUT2D eigenvalue weighted by molar-refractivity contribution is -0.138. The number of rotatable bonds is 5. The topological polar surface area (TPSA) is 52.7 Å². The second-order valence-corrected chi connectivity index (χ2v) is 8.13. The molecule has 28 heavy (non-hydrogen) atoms. The van der Waals surface area contributed by atoms with Crippen LogP contribution in [-0.4, -0.2) is 60.4 Å². The number of hydrogen-bond donors (Lipinski definition) is 1. The molecule has 0 radical (unpaired) electrons. The molecule has 2 amide bonds. The summed E-state index contributed by atoms with van der Waals surface area (Å²) in [6, 6.07) is 14.4. The van der Waals surface area contributed by atoms with Gasteiger partial charge in [0.1, 0.15) is 6.04 Å². The highest BCUT2D eigenvalue weighted by atomic mass is 16.2. The summed E-state index contributed by atoms with van der Waals surface area (Å²) in [5, 5.41) is 5.41. The molecule has 2 aliphatic heterocycles. The molecule has 5 nitrogen and oxygen atoms in total. The van der Waals surface area contributed by atoms with Crippen LogP contribution < -0.4 is 5.32 Å². The van der Waals surface area contributed by atoms with Gasteiger partial charge in [0.05, 0.1) is 6.42 Å². The highest BCUT2D eigenvalue weighted by molar-refractivity contribution is 5.90. The van der Waals surface area contributed by atoms with E-state index in [0.717, 1.165) is 36.8 Å². The lowest BCUT2D eigenvalue weighted by atomic mass is 10.0. The maximum Gasteiger partial charge on any atom is 0.242 e. The van der Waals surface area contributed by atoms with E-state index in [1.54, 1.807) is 4.90 Å². The Labute approximate surface area is 166 Å². The molecule has 2 atom stereocenters. The maximum atomic E-state index is 12.9. The number of hydrogen-bond acceptors (Lipinski definition) is 3. The fraction of sp³-hybridized carbons (Fsp3) is 0.478. The highest BCUT2D eigenvalue weighted by Crippen LogP contribution is 2.21. The van der Waals surface area contributed by atoms with Crippen molar-refractivity contribution in [3.8, 4) is 0 Å². The van der Waals surface area contributed by atoms with Gasteiger partial charge < -0.3 is 15.1 Å². The number of benzene rings is 2. The van der Waals surface area contributed by atoms with Crippen molar-refractivity contribution in [3.05, 3.63) is 48.0 Å². The van der Waals surface area contributed by atoms with Crippen LogP contribution in [0.25, 0.3) is 10.8 Å². The van der Waals surface area contributed by atoms with Gasteiger partial charge in [-0.25, -0.2) is 0 Å². The minimum Gasteiger partial charge on any atom is -0.353 e. The van der Waals surface area contributed by atoms with Crippen molar-refractivity contribution in [2.24, 2.45) is 0 Å². The lowest BCUT2D eigenvalue weighted by Crippen LogP contribution is -2.49. The molecule has 2 aromatic carbocycles. The smallest absolute Gasteiger partial charge is 0.242 e. The van der Waals surface area contributed by atoms with Crippen molar-refractivity contribution in [1.82, 2.24) is 15.1 Å². The van der Waals surface area contributed by atoms with Crippen LogP contribution in [0, 0.1) is 0 Å². The molecular weight excluding hydrogens is 350 g/mol. The molecule has 0 aliphatic carbocycles. The molecule has 2 heterocycles. The predicted octanol–water partition coefficient (Wildman–Crippen LogP) is 2.58. The van der Waals surface area contributed by atoms with Crippen LogP contribution in [0.15, 0.2) is 42.5 Å². The van der Waals surface area contributed by atoms with Crippen LogP contribution in [0.2, 0.25) is 0 Å². The molecule has 0 bridgehead atoms. The number of carbonyl (C=O) groups excluding carboxylic acids is 2. The number of amides is 2. The summed E-state index contributed by atoms with van der Waals surface area (Å²) in [6.07, 6.45) is 4.32. The zero-order valence-corrected chi connectivity index (χ0v) is 16.6. The molecule has 2 saturated heterocycles. The Morgan fingerprint density at radius 2 is 1.82 bits per heavy atom. The molecule has 148 valence electrons. The molecule has 1 unspecified atom stereocenters. The summed E-state index contributed by atoms with van der Waals surface area (Å²) in [4.78, 5) is 29.7. The molecule has 0 spiro atoms.